The van der Waals surface area contributed by atoms with E-state index in [9.17, 15) is 4.79 Å². The molecule has 158 valence electrons. The summed E-state index contributed by atoms with van der Waals surface area (Å²) in [5, 5.41) is 2.00. The number of nitrogens with zero attached hydrogens (tertiary/aromatic N) is 2. The van der Waals surface area contributed by atoms with Crippen LogP contribution in [-0.4, -0.2) is 48.8 Å². The molecule has 0 spiro atoms. The topological polar surface area (TPSA) is 74.0 Å². The largest absolute Gasteiger partial charge is 0.487 e. The molecule has 7 nitrogen and oxygen atoms in total. The van der Waals surface area contributed by atoms with Gasteiger partial charge >= 0.3 is 5.97 Å². The number of hydrogen-bond acceptors (Lipinski definition) is 8. The molecule has 1 fully saturated rings. The van der Waals surface area contributed by atoms with E-state index in [-0.39, 0.29) is 12.0 Å². The zero-order chi connectivity index (χ0) is 20.9. The number of carbonyl (C=O) groups excluding carboxylic acids is 1. The summed E-state index contributed by atoms with van der Waals surface area (Å²) in [7, 11) is 1.40. The van der Waals surface area contributed by atoms with Gasteiger partial charge in [-0.15, -0.1) is 11.3 Å². The third kappa shape index (κ3) is 4.72. The number of morpholine rings is 1. The Hall–Kier alpha value is -2.68. The van der Waals surface area contributed by atoms with Crippen molar-refractivity contribution < 1.29 is 23.4 Å². The number of ether oxygens (including phenoxy) is 3. The van der Waals surface area contributed by atoms with Crippen LogP contribution in [0.1, 0.15) is 17.0 Å². The summed E-state index contributed by atoms with van der Waals surface area (Å²) in [5.41, 5.74) is 1.84. The molecule has 0 aliphatic carbocycles. The molecule has 0 bridgehead atoms. The van der Waals surface area contributed by atoms with Gasteiger partial charge in [0, 0.05) is 13.1 Å². The molecule has 0 saturated carbocycles. The number of oxazole rings is 1. The fourth-order valence-electron chi connectivity index (χ4n) is 3.37. The molecule has 0 unspecified atom stereocenters. The fraction of sp³-hybridized carbons (Fsp3) is 0.364. The second-order valence-electron chi connectivity index (χ2n) is 7.02. The van der Waals surface area contributed by atoms with E-state index in [1.54, 1.807) is 11.3 Å². The molecule has 1 aliphatic heterocycles. The molecule has 2 aromatic heterocycles. The van der Waals surface area contributed by atoms with Crippen molar-refractivity contribution in [2.45, 2.75) is 26.1 Å². The molecule has 1 aliphatic rings. The number of benzene rings is 1. The van der Waals surface area contributed by atoms with Crippen molar-refractivity contribution in [2.75, 3.05) is 26.9 Å². The monoisotopic (exact) mass is 428 g/mol. The Morgan fingerprint density at radius 2 is 2.23 bits per heavy atom. The van der Waals surface area contributed by atoms with Gasteiger partial charge in [0.15, 0.2) is 0 Å². The molecule has 30 heavy (non-hydrogen) atoms. The Morgan fingerprint density at radius 1 is 1.33 bits per heavy atom. The van der Waals surface area contributed by atoms with Gasteiger partial charge in [-0.25, -0.2) is 4.98 Å². The minimum absolute atomic E-state index is 0.273. The number of esters is 1. The van der Waals surface area contributed by atoms with E-state index in [0.29, 0.717) is 38.8 Å². The van der Waals surface area contributed by atoms with Gasteiger partial charge in [-0.05, 0) is 36.1 Å². The number of hydrogen-bond donors (Lipinski definition) is 0. The quantitative estimate of drug-likeness (QED) is 0.532. The maximum Gasteiger partial charge on any atom is 0.325 e. The van der Waals surface area contributed by atoms with E-state index in [4.69, 9.17) is 18.6 Å². The van der Waals surface area contributed by atoms with Crippen LogP contribution < -0.4 is 4.74 Å². The van der Waals surface area contributed by atoms with E-state index in [1.807, 2.05) is 48.7 Å². The lowest BCUT2D eigenvalue weighted by molar-refractivity contribution is -0.153. The first-order chi connectivity index (χ1) is 14.6. The minimum Gasteiger partial charge on any atom is -0.487 e. The van der Waals surface area contributed by atoms with Crippen molar-refractivity contribution in [1.82, 2.24) is 9.88 Å². The number of aryl methyl sites for hydroxylation is 1. The summed E-state index contributed by atoms with van der Waals surface area (Å²) in [4.78, 5) is 19.7. The average Bonchev–Trinajstić information content (AvgIpc) is 3.42. The summed E-state index contributed by atoms with van der Waals surface area (Å²) in [5.74, 6) is 1.85. The Balaban J connectivity index is 1.41. The molecular formula is C22H24N2O5S. The molecule has 1 aromatic carbocycles. The van der Waals surface area contributed by atoms with Gasteiger partial charge in [0.25, 0.3) is 0 Å². The predicted molar refractivity (Wildman–Crippen MR) is 112 cm³/mol. The summed E-state index contributed by atoms with van der Waals surface area (Å²) in [6.45, 7) is 4.46. The highest BCUT2D eigenvalue weighted by atomic mass is 32.1. The molecule has 1 saturated heterocycles. The van der Waals surface area contributed by atoms with Crippen LogP contribution in [0.25, 0.3) is 10.8 Å². The van der Waals surface area contributed by atoms with Crippen molar-refractivity contribution in [3.63, 3.8) is 0 Å². The van der Waals surface area contributed by atoms with E-state index >= 15 is 0 Å². The highest BCUT2D eigenvalue weighted by molar-refractivity contribution is 7.13. The minimum atomic E-state index is -0.387. The van der Waals surface area contributed by atoms with Gasteiger partial charge in [-0.1, -0.05) is 18.2 Å². The van der Waals surface area contributed by atoms with Gasteiger partial charge in [0.1, 0.15) is 29.9 Å². The number of rotatable bonds is 7. The number of carbonyl (C=O) groups is 1. The standard InChI is InChI=1S/C22H24N2O5S/c1-15-18(23-21(29-15)20-7-4-10-30-20)13-28-17-6-3-5-16(11-17)12-24-8-9-27-14-19(24)22(25)26-2/h3-7,10-11,19H,8-9,12-14H2,1-2H3/t19-/m0/s1. The molecule has 0 radical (unpaired) electrons. The van der Waals surface area contributed by atoms with Gasteiger partial charge in [0.05, 0.1) is 25.2 Å². The smallest absolute Gasteiger partial charge is 0.325 e. The first-order valence-electron chi connectivity index (χ1n) is 9.75. The SMILES string of the molecule is COC(=O)[C@@H]1COCCN1Cc1cccc(OCc2nc(-c3cccs3)oc2C)c1. The second-order valence-corrected chi connectivity index (χ2v) is 7.97. The molecular weight excluding hydrogens is 404 g/mol. The van der Waals surface area contributed by atoms with Gasteiger partial charge in [0.2, 0.25) is 5.89 Å². The highest BCUT2D eigenvalue weighted by Crippen LogP contribution is 2.26. The first kappa shape index (κ1) is 20.6. The predicted octanol–water partition coefficient (Wildman–Crippen LogP) is 3.66. The third-order valence-corrected chi connectivity index (χ3v) is 5.85. The lowest BCUT2D eigenvalue weighted by Gasteiger charge is -2.33. The summed E-state index contributed by atoms with van der Waals surface area (Å²) in [6.07, 6.45) is 0. The van der Waals surface area contributed by atoms with Crippen LogP contribution in [0.5, 0.6) is 5.75 Å². The van der Waals surface area contributed by atoms with E-state index in [2.05, 4.69) is 9.88 Å². The van der Waals surface area contributed by atoms with Gasteiger partial charge in [-0.2, -0.15) is 0 Å². The molecule has 0 N–H and O–H groups in total. The van der Waals surface area contributed by atoms with Crippen LogP contribution in [0.3, 0.4) is 0 Å². The Labute approximate surface area is 179 Å². The van der Waals surface area contributed by atoms with Crippen LogP contribution in [-0.2, 0) is 27.4 Å². The van der Waals surface area contributed by atoms with Crippen LogP contribution >= 0.6 is 11.3 Å². The zero-order valence-corrected chi connectivity index (χ0v) is 17.8. The van der Waals surface area contributed by atoms with E-state index < -0.39 is 0 Å². The van der Waals surface area contributed by atoms with Crippen molar-refractivity contribution in [3.05, 3.63) is 58.8 Å². The van der Waals surface area contributed by atoms with Crippen molar-refractivity contribution in [1.29, 1.82) is 0 Å². The molecule has 1 atom stereocenters. The lowest BCUT2D eigenvalue weighted by atomic mass is 10.1. The number of aromatic nitrogens is 1. The molecule has 8 heteroatoms. The van der Waals surface area contributed by atoms with Gasteiger partial charge < -0.3 is 18.6 Å². The maximum absolute atomic E-state index is 12.0. The van der Waals surface area contributed by atoms with Gasteiger partial charge in [-0.3, -0.25) is 9.69 Å². The fourth-order valence-corrected chi connectivity index (χ4v) is 4.02. The molecule has 4 rings (SSSR count). The molecule has 3 heterocycles. The van der Waals surface area contributed by atoms with Crippen LogP contribution in [0.15, 0.2) is 46.2 Å². The number of thiophene rings is 1. The van der Waals surface area contributed by atoms with Crippen LogP contribution in [0.2, 0.25) is 0 Å². The average molecular weight is 429 g/mol. The van der Waals surface area contributed by atoms with Crippen molar-refractivity contribution >= 4 is 17.3 Å². The van der Waals surface area contributed by atoms with E-state index in [1.165, 1.54) is 7.11 Å². The van der Waals surface area contributed by atoms with Crippen LogP contribution in [0, 0.1) is 6.92 Å². The Bertz CT molecular complexity index is 985. The second kappa shape index (κ2) is 9.42. The van der Waals surface area contributed by atoms with Crippen molar-refractivity contribution in [2.24, 2.45) is 0 Å². The Kier molecular flexibility index (Phi) is 6.47. The summed E-state index contributed by atoms with van der Waals surface area (Å²) >= 11 is 1.59. The maximum atomic E-state index is 12.0. The molecule has 3 aromatic rings. The molecule has 0 amide bonds. The summed E-state index contributed by atoms with van der Waals surface area (Å²) < 4.78 is 22.1. The number of methoxy groups -OCH3 is 1. The summed E-state index contributed by atoms with van der Waals surface area (Å²) in [6, 6.07) is 11.4. The third-order valence-electron chi connectivity index (χ3n) is 5.00. The Morgan fingerprint density at radius 3 is 3.03 bits per heavy atom. The first-order valence-corrected chi connectivity index (χ1v) is 10.6. The highest BCUT2D eigenvalue weighted by Gasteiger charge is 2.30. The normalized spacial score (nSPS) is 17.1. The van der Waals surface area contributed by atoms with Crippen LogP contribution in [0.4, 0.5) is 0 Å². The van der Waals surface area contributed by atoms with Crippen molar-refractivity contribution in [3.8, 4) is 16.5 Å². The zero-order valence-electron chi connectivity index (χ0n) is 17.0. The van der Waals surface area contributed by atoms with E-state index in [0.717, 1.165) is 27.6 Å². The lowest BCUT2D eigenvalue weighted by Crippen LogP contribution is -2.49.